The average molecular weight is 292 g/mol. The number of aliphatic hydroxyl groups excluding tert-OH is 1. The number of carbonyl (C=O) groups excluding carboxylic acids is 1. The van der Waals surface area contributed by atoms with Crippen molar-refractivity contribution in [1.29, 1.82) is 0 Å². The number of β-amino-alcohol motifs (C(OH)–C–C–N with tert-alkyl or cyclic N) is 1. The third-order valence-corrected chi connectivity index (χ3v) is 3.92. The first-order chi connectivity index (χ1) is 10.1. The lowest BCUT2D eigenvalue weighted by atomic mass is 10.0. The van der Waals surface area contributed by atoms with Crippen LogP contribution in [0.1, 0.15) is 26.2 Å². The lowest BCUT2D eigenvalue weighted by Gasteiger charge is -2.35. The number of methoxy groups -OCH3 is 1. The predicted octanol–water partition coefficient (Wildman–Crippen LogP) is 1.87. The third-order valence-electron chi connectivity index (χ3n) is 3.92. The van der Waals surface area contributed by atoms with Crippen LogP contribution in [0.4, 0.5) is 5.69 Å². The van der Waals surface area contributed by atoms with E-state index in [9.17, 15) is 9.90 Å². The molecular formula is C16H24N2O3. The molecule has 1 heterocycles. The number of carbonyl (C=O) groups is 1. The number of rotatable bonds is 5. The summed E-state index contributed by atoms with van der Waals surface area (Å²) in [4.78, 5) is 14.5. The first-order valence-corrected chi connectivity index (χ1v) is 7.51. The van der Waals surface area contributed by atoms with Crippen molar-refractivity contribution in [3.8, 4) is 5.75 Å². The molecule has 1 fully saturated rings. The minimum absolute atomic E-state index is 0.0169. The predicted molar refractivity (Wildman–Crippen MR) is 82.5 cm³/mol. The quantitative estimate of drug-likeness (QED) is 0.869. The summed E-state index contributed by atoms with van der Waals surface area (Å²) in [5.41, 5.74) is 0.761. The fraction of sp³-hybridized carbons (Fsp3) is 0.562. The number of aliphatic hydroxyl groups is 1. The number of anilines is 1. The summed E-state index contributed by atoms with van der Waals surface area (Å²) in [5.74, 6) is 0.746. The van der Waals surface area contributed by atoms with E-state index in [2.05, 4.69) is 10.2 Å². The molecule has 1 amide bonds. The van der Waals surface area contributed by atoms with Crippen LogP contribution in [0.25, 0.3) is 0 Å². The molecule has 0 radical (unpaired) electrons. The van der Waals surface area contributed by atoms with Crippen molar-refractivity contribution >= 4 is 11.6 Å². The van der Waals surface area contributed by atoms with E-state index >= 15 is 0 Å². The summed E-state index contributed by atoms with van der Waals surface area (Å²) in [7, 11) is 1.61. The summed E-state index contributed by atoms with van der Waals surface area (Å²) in [5, 5.41) is 12.7. The molecule has 0 spiro atoms. The Morgan fingerprint density at radius 3 is 2.76 bits per heavy atom. The second-order valence-corrected chi connectivity index (χ2v) is 5.43. The molecule has 1 aliphatic rings. The second-order valence-electron chi connectivity index (χ2n) is 5.43. The van der Waals surface area contributed by atoms with E-state index in [-0.39, 0.29) is 18.1 Å². The van der Waals surface area contributed by atoms with Gasteiger partial charge in [0.05, 0.1) is 19.3 Å². The van der Waals surface area contributed by atoms with Crippen molar-refractivity contribution in [2.24, 2.45) is 0 Å². The molecule has 0 aromatic heterocycles. The number of likely N-dealkylation sites (tertiary alicyclic amines) is 1. The molecule has 1 aromatic rings. The lowest BCUT2D eigenvalue weighted by Crippen LogP contribution is -2.49. The van der Waals surface area contributed by atoms with E-state index in [1.54, 1.807) is 7.11 Å². The van der Waals surface area contributed by atoms with Gasteiger partial charge in [-0.05, 0) is 50.1 Å². The van der Waals surface area contributed by atoms with Crippen LogP contribution in [-0.2, 0) is 4.79 Å². The van der Waals surface area contributed by atoms with E-state index in [0.717, 1.165) is 37.2 Å². The molecule has 21 heavy (non-hydrogen) atoms. The number of ether oxygens (including phenoxy) is 1. The van der Waals surface area contributed by atoms with E-state index in [1.807, 2.05) is 31.2 Å². The molecule has 1 saturated heterocycles. The van der Waals surface area contributed by atoms with Crippen LogP contribution in [0.2, 0.25) is 0 Å². The van der Waals surface area contributed by atoms with Crippen LogP contribution in [0.5, 0.6) is 5.75 Å². The van der Waals surface area contributed by atoms with Gasteiger partial charge in [-0.3, -0.25) is 9.69 Å². The van der Waals surface area contributed by atoms with E-state index in [0.29, 0.717) is 6.54 Å². The zero-order chi connectivity index (χ0) is 15.2. The van der Waals surface area contributed by atoms with Crippen molar-refractivity contribution < 1.29 is 14.6 Å². The molecular weight excluding hydrogens is 268 g/mol. The van der Waals surface area contributed by atoms with Gasteiger partial charge in [0.15, 0.2) is 0 Å². The summed E-state index contributed by atoms with van der Waals surface area (Å²) >= 11 is 0. The molecule has 2 rings (SSSR count). The van der Waals surface area contributed by atoms with Gasteiger partial charge < -0.3 is 15.2 Å². The zero-order valence-electron chi connectivity index (χ0n) is 12.7. The van der Waals surface area contributed by atoms with Crippen molar-refractivity contribution in [2.75, 3.05) is 25.5 Å². The zero-order valence-corrected chi connectivity index (χ0v) is 12.7. The first-order valence-electron chi connectivity index (χ1n) is 7.51. The molecule has 2 N–H and O–H groups in total. The third kappa shape index (κ3) is 4.19. The highest BCUT2D eigenvalue weighted by molar-refractivity contribution is 5.94. The maximum atomic E-state index is 12.4. The maximum Gasteiger partial charge on any atom is 0.241 e. The van der Waals surface area contributed by atoms with Crippen molar-refractivity contribution in [3.63, 3.8) is 0 Å². The molecule has 2 atom stereocenters. The standard InChI is InChI=1S/C16H24N2O3/c1-3-15(18-10-4-5-13(19)11-18)16(20)17-12-6-8-14(21-2)9-7-12/h6-9,13,15,19H,3-5,10-11H2,1-2H3,(H,17,20). The molecule has 5 heteroatoms. The SMILES string of the molecule is CCC(C(=O)Nc1ccc(OC)cc1)N1CCCC(O)C1. The highest BCUT2D eigenvalue weighted by atomic mass is 16.5. The second kappa shape index (κ2) is 7.43. The Hall–Kier alpha value is -1.59. The van der Waals surface area contributed by atoms with Gasteiger partial charge in [0, 0.05) is 12.2 Å². The van der Waals surface area contributed by atoms with Gasteiger partial charge >= 0.3 is 0 Å². The summed E-state index contributed by atoms with van der Waals surface area (Å²) in [6, 6.07) is 7.10. The molecule has 0 saturated carbocycles. The highest BCUT2D eigenvalue weighted by Gasteiger charge is 2.28. The molecule has 1 aromatic carbocycles. The van der Waals surface area contributed by atoms with Gasteiger partial charge in [-0.15, -0.1) is 0 Å². The maximum absolute atomic E-state index is 12.4. The molecule has 2 unspecified atom stereocenters. The molecule has 5 nitrogen and oxygen atoms in total. The number of amides is 1. The number of hydrogen-bond donors (Lipinski definition) is 2. The Labute approximate surface area is 125 Å². The smallest absolute Gasteiger partial charge is 0.241 e. The van der Waals surface area contributed by atoms with E-state index in [4.69, 9.17) is 4.74 Å². The van der Waals surface area contributed by atoms with Gasteiger partial charge in [0.25, 0.3) is 0 Å². The Morgan fingerprint density at radius 2 is 2.19 bits per heavy atom. The van der Waals surface area contributed by atoms with Gasteiger partial charge in [-0.25, -0.2) is 0 Å². The Bertz CT molecular complexity index is 461. The van der Waals surface area contributed by atoms with Gasteiger partial charge in [-0.2, -0.15) is 0 Å². The monoisotopic (exact) mass is 292 g/mol. The Kier molecular flexibility index (Phi) is 5.59. The van der Waals surface area contributed by atoms with Crippen molar-refractivity contribution in [3.05, 3.63) is 24.3 Å². The van der Waals surface area contributed by atoms with Gasteiger partial charge in [0.1, 0.15) is 5.75 Å². The lowest BCUT2D eigenvalue weighted by molar-refractivity contribution is -0.122. The fourth-order valence-electron chi connectivity index (χ4n) is 2.78. The molecule has 0 aliphatic carbocycles. The molecule has 116 valence electrons. The Morgan fingerprint density at radius 1 is 1.48 bits per heavy atom. The summed E-state index contributed by atoms with van der Waals surface area (Å²) in [6.45, 7) is 3.44. The van der Waals surface area contributed by atoms with Crippen LogP contribution >= 0.6 is 0 Å². The summed E-state index contributed by atoms with van der Waals surface area (Å²) in [6.07, 6.45) is 2.18. The number of hydrogen-bond acceptors (Lipinski definition) is 4. The van der Waals surface area contributed by atoms with Crippen LogP contribution in [-0.4, -0.2) is 48.3 Å². The van der Waals surface area contributed by atoms with Gasteiger partial charge in [0.2, 0.25) is 5.91 Å². The van der Waals surface area contributed by atoms with Gasteiger partial charge in [-0.1, -0.05) is 6.92 Å². The first kappa shape index (κ1) is 15.8. The van der Waals surface area contributed by atoms with E-state index in [1.165, 1.54) is 0 Å². The topological polar surface area (TPSA) is 61.8 Å². The Balaban J connectivity index is 1.98. The molecule has 1 aliphatic heterocycles. The molecule has 0 bridgehead atoms. The van der Waals surface area contributed by atoms with Crippen LogP contribution in [0.3, 0.4) is 0 Å². The average Bonchev–Trinajstić information content (AvgIpc) is 2.49. The number of nitrogens with one attached hydrogen (secondary N) is 1. The number of nitrogens with zero attached hydrogens (tertiary/aromatic N) is 1. The van der Waals surface area contributed by atoms with Crippen molar-refractivity contribution in [1.82, 2.24) is 4.90 Å². The van der Waals surface area contributed by atoms with Crippen LogP contribution in [0, 0.1) is 0 Å². The van der Waals surface area contributed by atoms with Crippen LogP contribution in [0.15, 0.2) is 24.3 Å². The number of benzene rings is 1. The van der Waals surface area contributed by atoms with E-state index < -0.39 is 0 Å². The van der Waals surface area contributed by atoms with Crippen LogP contribution < -0.4 is 10.1 Å². The fourth-order valence-corrected chi connectivity index (χ4v) is 2.78. The van der Waals surface area contributed by atoms with Crippen molar-refractivity contribution in [2.45, 2.75) is 38.3 Å². The normalized spacial score (nSPS) is 20.8. The largest absolute Gasteiger partial charge is 0.497 e. The minimum Gasteiger partial charge on any atom is -0.497 e. The number of piperidine rings is 1. The summed E-state index contributed by atoms with van der Waals surface area (Å²) < 4.78 is 5.10. The minimum atomic E-state index is -0.318. The highest BCUT2D eigenvalue weighted by Crippen LogP contribution is 2.18.